The van der Waals surface area contributed by atoms with Gasteiger partial charge in [0, 0.05) is 55.7 Å². The van der Waals surface area contributed by atoms with Gasteiger partial charge >= 0.3 is 0 Å². The van der Waals surface area contributed by atoms with Gasteiger partial charge in [0.05, 0.1) is 11.6 Å². The van der Waals surface area contributed by atoms with Gasteiger partial charge in [-0.25, -0.2) is 4.98 Å². The number of amides is 2. The van der Waals surface area contributed by atoms with Crippen molar-refractivity contribution in [3.05, 3.63) is 71.7 Å². The third-order valence-corrected chi connectivity index (χ3v) is 6.75. The number of hydrogen-bond acceptors (Lipinski definition) is 7. The van der Waals surface area contributed by atoms with Crippen LogP contribution in [-0.2, 0) is 4.79 Å². The predicted molar refractivity (Wildman–Crippen MR) is 136 cm³/mol. The van der Waals surface area contributed by atoms with Crippen molar-refractivity contribution in [2.75, 3.05) is 23.3 Å². The Balaban J connectivity index is 1.46. The number of nitrogens with two attached hydrogens (primary N) is 1. The van der Waals surface area contributed by atoms with Crippen molar-refractivity contribution in [1.82, 2.24) is 14.9 Å². The van der Waals surface area contributed by atoms with Crippen LogP contribution in [0.3, 0.4) is 0 Å². The van der Waals surface area contributed by atoms with E-state index in [9.17, 15) is 9.59 Å². The Morgan fingerprint density at radius 1 is 1.08 bits per heavy atom. The van der Waals surface area contributed by atoms with E-state index in [0.29, 0.717) is 36.6 Å². The summed E-state index contributed by atoms with van der Waals surface area (Å²) in [6.45, 7) is 4.72. The normalized spacial score (nSPS) is 19.2. The highest BCUT2D eigenvalue weighted by molar-refractivity contribution is 5.95. The van der Waals surface area contributed by atoms with Gasteiger partial charge in [0.25, 0.3) is 5.91 Å². The lowest BCUT2D eigenvalue weighted by Gasteiger charge is -2.39. The van der Waals surface area contributed by atoms with Gasteiger partial charge in [-0.1, -0.05) is 12.1 Å². The van der Waals surface area contributed by atoms with Crippen molar-refractivity contribution in [3.63, 3.8) is 0 Å². The van der Waals surface area contributed by atoms with Crippen molar-refractivity contribution in [2.24, 2.45) is 5.73 Å². The SMILES string of the molecule is CC(=O)N1c2ccc(-c3ccc(C(=O)N4CC(N)C4)nc3)cc2C(Nc2ccc(C#N)cn2)CC1C. The van der Waals surface area contributed by atoms with E-state index in [1.807, 2.05) is 30.0 Å². The van der Waals surface area contributed by atoms with Crippen LogP contribution in [0.4, 0.5) is 11.5 Å². The van der Waals surface area contributed by atoms with Crippen LogP contribution in [0.15, 0.2) is 54.9 Å². The summed E-state index contributed by atoms with van der Waals surface area (Å²) in [5, 5.41) is 12.5. The molecule has 0 saturated carbocycles. The Hall–Kier alpha value is -4.29. The molecule has 2 aliphatic rings. The first-order chi connectivity index (χ1) is 17.3. The van der Waals surface area contributed by atoms with Gasteiger partial charge < -0.3 is 20.9 Å². The Kier molecular flexibility index (Phi) is 6.12. The molecule has 5 rings (SSSR count). The fourth-order valence-corrected chi connectivity index (χ4v) is 4.92. The largest absolute Gasteiger partial charge is 0.363 e. The summed E-state index contributed by atoms with van der Waals surface area (Å²) in [7, 11) is 0. The van der Waals surface area contributed by atoms with E-state index >= 15 is 0 Å². The summed E-state index contributed by atoms with van der Waals surface area (Å²) >= 11 is 0. The zero-order chi connectivity index (χ0) is 25.4. The lowest BCUT2D eigenvalue weighted by molar-refractivity contribution is -0.117. The molecule has 0 spiro atoms. The fraction of sp³-hybridized carbons (Fsp3) is 0.296. The number of nitrogens with one attached hydrogen (secondary N) is 1. The summed E-state index contributed by atoms with van der Waals surface area (Å²) in [6, 6.07) is 15.2. The van der Waals surface area contributed by atoms with Crippen LogP contribution >= 0.6 is 0 Å². The van der Waals surface area contributed by atoms with Crippen molar-refractivity contribution in [2.45, 2.75) is 38.4 Å². The Labute approximate surface area is 209 Å². The molecule has 3 aromatic rings. The number of likely N-dealkylation sites (tertiary alicyclic amines) is 1. The Morgan fingerprint density at radius 3 is 2.47 bits per heavy atom. The molecule has 3 N–H and O–H groups in total. The van der Waals surface area contributed by atoms with Gasteiger partial charge in [-0.2, -0.15) is 5.26 Å². The number of carbonyl (C=O) groups excluding carboxylic acids is 2. The van der Waals surface area contributed by atoms with E-state index < -0.39 is 0 Å². The smallest absolute Gasteiger partial charge is 0.272 e. The van der Waals surface area contributed by atoms with E-state index in [4.69, 9.17) is 11.0 Å². The predicted octanol–water partition coefficient (Wildman–Crippen LogP) is 3.10. The average Bonchev–Trinajstić information content (AvgIpc) is 2.86. The molecule has 1 aromatic carbocycles. The van der Waals surface area contributed by atoms with Crippen LogP contribution < -0.4 is 16.0 Å². The molecule has 0 radical (unpaired) electrons. The van der Waals surface area contributed by atoms with Gasteiger partial charge in [-0.05, 0) is 54.8 Å². The summed E-state index contributed by atoms with van der Waals surface area (Å²) in [5.41, 5.74) is 10.3. The highest BCUT2D eigenvalue weighted by Crippen LogP contribution is 2.41. The zero-order valence-corrected chi connectivity index (χ0v) is 20.2. The van der Waals surface area contributed by atoms with Crippen LogP contribution in [0.2, 0.25) is 0 Å². The number of anilines is 2. The van der Waals surface area contributed by atoms with E-state index in [-0.39, 0.29) is 29.9 Å². The topological polar surface area (TPSA) is 128 Å². The molecule has 36 heavy (non-hydrogen) atoms. The Bertz CT molecular complexity index is 1340. The van der Waals surface area contributed by atoms with Crippen LogP contribution in [0.25, 0.3) is 11.1 Å². The monoisotopic (exact) mass is 481 g/mol. The number of fused-ring (bicyclic) bond motifs is 1. The molecule has 2 unspecified atom stereocenters. The van der Waals surface area contributed by atoms with Crippen molar-refractivity contribution in [3.8, 4) is 17.2 Å². The number of aromatic nitrogens is 2. The number of carbonyl (C=O) groups is 2. The number of rotatable bonds is 4. The first-order valence-electron chi connectivity index (χ1n) is 11.9. The average molecular weight is 482 g/mol. The van der Waals surface area contributed by atoms with Gasteiger partial charge in [-0.3, -0.25) is 14.6 Å². The van der Waals surface area contributed by atoms with E-state index in [1.165, 1.54) is 6.20 Å². The molecular formula is C27H27N7O2. The molecule has 9 nitrogen and oxygen atoms in total. The number of nitrogens with zero attached hydrogens (tertiary/aromatic N) is 5. The zero-order valence-electron chi connectivity index (χ0n) is 20.2. The molecule has 182 valence electrons. The highest BCUT2D eigenvalue weighted by atomic mass is 16.2. The van der Waals surface area contributed by atoms with Crippen LogP contribution in [0.5, 0.6) is 0 Å². The molecule has 2 aromatic heterocycles. The molecule has 2 atom stereocenters. The molecule has 2 aliphatic heterocycles. The summed E-state index contributed by atoms with van der Waals surface area (Å²) in [5.74, 6) is 0.537. The lowest BCUT2D eigenvalue weighted by Crippen LogP contribution is -2.57. The molecule has 2 amide bonds. The standard InChI is InChI=1S/C27H27N7O2/c1-16-9-24(32-26-8-3-18(11-28)12-31-26)22-10-19(5-7-25(22)34(16)17(2)35)20-4-6-23(30-13-20)27(36)33-14-21(29)15-33/h3-8,10,12-13,16,21,24H,9,14-15,29H2,1-2H3,(H,31,32). The Morgan fingerprint density at radius 2 is 1.86 bits per heavy atom. The minimum Gasteiger partial charge on any atom is -0.363 e. The maximum Gasteiger partial charge on any atom is 0.272 e. The second kappa shape index (κ2) is 9.40. The number of pyridine rings is 2. The number of nitriles is 1. The minimum atomic E-state index is -0.112. The van der Waals surface area contributed by atoms with Crippen molar-refractivity contribution < 1.29 is 9.59 Å². The van der Waals surface area contributed by atoms with E-state index in [0.717, 1.165) is 22.4 Å². The van der Waals surface area contributed by atoms with E-state index in [2.05, 4.69) is 27.4 Å². The molecule has 0 bridgehead atoms. The van der Waals surface area contributed by atoms with Crippen molar-refractivity contribution >= 4 is 23.3 Å². The minimum absolute atomic E-state index is 0.00156. The summed E-state index contributed by atoms with van der Waals surface area (Å²) in [4.78, 5) is 37.3. The molecule has 1 saturated heterocycles. The second-order valence-corrected chi connectivity index (χ2v) is 9.39. The number of hydrogen-bond donors (Lipinski definition) is 2. The molecule has 4 heterocycles. The third-order valence-electron chi connectivity index (χ3n) is 6.75. The third kappa shape index (κ3) is 4.39. The molecule has 1 fully saturated rings. The first-order valence-corrected chi connectivity index (χ1v) is 11.9. The van der Waals surface area contributed by atoms with Gasteiger partial charge in [0.2, 0.25) is 5.91 Å². The van der Waals surface area contributed by atoms with Gasteiger partial charge in [0.15, 0.2) is 0 Å². The van der Waals surface area contributed by atoms with Gasteiger partial charge in [-0.15, -0.1) is 0 Å². The summed E-state index contributed by atoms with van der Waals surface area (Å²) < 4.78 is 0. The molecule has 0 aliphatic carbocycles. The highest BCUT2D eigenvalue weighted by Gasteiger charge is 2.33. The maximum atomic E-state index is 12.5. The van der Waals surface area contributed by atoms with Crippen LogP contribution in [0.1, 0.15) is 47.9 Å². The van der Waals surface area contributed by atoms with Gasteiger partial charge in [0.1, 0.15) is 17.6 Å². The fourth-order valence-electron chi connectivity index (χ4n) is 4.92. The first kappa shape index (κ1) is 23.5. The van der Waals surface area contributed by atoms with E-state index in [1.54, 1.807) is 36.2 Å². The van der Waals surface area contributed by atoms with Crippen molar-refractivity contribution in [1.29, 1.82) is 5.26 Å². The quantitative estimate of drug-likeness (QED) is 0.586. The summed E-state index contributed by atoms with van der Waals surface area (Å²) in [6.07, 6.45) is 3.94. The number of benzene rings is 1. The lowest BCUT2D eigenvalue weighted by atomic mass is 9.89. The van der Waals surface area contributed by atoms with Crippen LogP contribution in [-0.4, -0.2) is 51.9 Å². The molecule has 9 heteroatoms. The molecular weight excluding hydrogens is 454 g/mol. The maximum absolute atomic E-state index is 12.5. The second-order valence-electron chi connectivity index (χ2n) is 9.39. The van der Waals surface area contributed by atoms with Crippen LogP contribution in [0, 0.1) is 11.3 Å².